The van der Waals surface area contributed by atoms with E-state index >= 15 is 0 Å². The number of hydrogen-bond acceptors (Lipinski definition) is 3. The summed E-state index contributed by atoms with van der Waals surface area (Å²) in [6, 6.07) is 10.8. The maximum absolute atomic E-state index is 12.5. The lowest BCUT2D eigenvalue weighted by Crippen LogP contribution is -2.05. The molecule has 3 rings (SSSR count). The molecule has 5 nitrogen and oxygen atoms in total. The summed E-state index contributed by atoms with van der Waals surface area (Å²) in [5, 5.41) is 9.85. The number of carboxylic acids is 1. The summed E-state index contributed by atoms with van der Waals surface area (Å²) >= 11 is 0. The van der Waals surface area contributed by atoms with Crippen LogP contribution in [0.4, 0.5) is 0 Å². The molecule has 0 bridgehead atoms. The number of nitrogens with one attached hydrogen (secondary N) is 1. The lowest BCUT2D eigenvalue weighted by Gasteiger charge is -1.97. The fourth-order valence-electron chi connectivity index (χ4n) is 2.26. The van der Waals surface area contributed by atoms with Crippen molar-refractivity contribution in [3.8, 4) is 0 Å². The Morgan fingerprint density at radius 2 is 1.55 bits per heavy atom. The van der Waals surface area contributed by atoms with Crippen molar-refractivity contribution in [1.29, 1.82) is 0 Å². The number of aromatic carboxylic acids is 1. The number of carbonyl (C=O) groups is 1. The summed E-state index contributed by atoms with van der Waals surface area (Å²) in [5.74, 6) is -1.19. The second-order valence-electron chi connectivity index (χ2n) is 4.36. The highest BCUT2D eigenvalue weighted by atomic mass is 16.4. The molecule has 0 fully saturated rings. The number of benzene rings is 2. The number of aromatic amines is 1. The van der Waals surface area contributed by atoms with Gasteiger partial charge in [0.05, 0.1) is 16.5 Å². The van der Waals surface area contributed by atoms with Crippen LogP contribution in [0.1, 0.15) is 10.4 Å². The van der Waals surface area contributed by atoms with Crippen LogP contribution in [-0.4, -0.2) is 16.1 Å². The third kappa shape index (κ3) is 1.68. The van der Waals surface area contributed by atoms with Gasteiger partial charge in [-0.3, -0.25) is 9.59 Å². The molecule has 0 unspecified atom stereocenters. The molecule has 0 aliphatic heterocycles. The monoisotopic (exact) mass is 267 g/mol. The van der Waals surface area contributed by atoms with Gasteiger partial charge in [0.15, 0.2) is 5.43 Å². The van der Waals surface area contributed by atoms with Crippen molar-refractivity contribution < 1.29 is 9.90 Å². The van der Waals surface area contributed by atoms with Crippen molar-refractivity contribution in [1.82, 2.24) is 4.98 Å². The number of hydrogen-bond donors (Lipinski definition) is 2. The first-order chi connectivity index (χ1) is 9.59. The van der Waals surface area contributed by atoms with E-state index in [9.17, 15) is 14.4 Å². The normalized spacial score (nSPS) is 10.8. The van der Waals surface area contributed by atoms with Crippen LogP contribution in [0.25, 0.3) is 21.7 Å². The maximum Gasteiger partial charge on any atom is 0.337 e. The van der Waals surface area contributed by atoms with E-state index in [1.165, 1.54) is 24.3 Å². The summed E-state index contributed by atoms with van der Waals surface area (Å²) in [4.78, 5) is 38.3. The highest BCUT2D eigenvalue weighted by molar-refractivity contribution is 6.03. The molecule has 0 atom stereocenters. The Morgan fingerprint density at radius 3 is 2.25 bits per heavy atom. The largest absolute Gasteiger partial charge is 0.478 e. The molecule has 1 aromatic heterocycles. The van der Waals surface area contributed by atoms with E-state index < -0.39 is 11.5 Å². The summed E-state index contributed by atoms with van der Waals surface area (Å²) < 4.78 is 0. The van der Waals surface area contributed by atoms with Crippen molar-refractivity contribution in [3.05, 3.63) is 68.6 Å². The number of carboxylic acid groups (broad SMARTS) is 1. The zero-order valence-corrected chi connectivity index (χ0v) is 10.2. The Balaban J connectivity index is 2.73. The Morgan fingerprint density at radius 1 is 0.900 bits per heavy atom. The van der Waals surface area contributed by atoms with E-state index in [1.807, 2.05) is 0 Å². The minimum Gasteiger partial charge on any atom is -0.478 e. The summed E-state index contributed by atoms with van der Waals surface area (Å²) in [6.45, 7) is 0. The van der Waals surface area contributed by atoms with Crippen LogP contribution < -0.4 is 11.0 Å². The van der Waals surface area contributed by atoms with Gasteiger partial charge in [0.2, 0.25) is 0 Å². The average molecular weight is 267 g/mol. The zero-order chi connectivity index (χ0) is 14.3. The Bertz CT molecular complexity index is 973. The molecule has 0 radical (unpaired) electrons. The van der Waals surface area contributed by atoms with Gasteiger partial charge < -0.3 is 10.1 Å². The van der Waals surface area contributed by atoms with Crippen molar-refractivity contribution >= 4 is 27.6 Å². The predicted octanol–water partition coefficient (Wildman–Crippen LogP) is 1.74. The molecule has 2 aromatic carbocycles. The molecule has 0 spiro atoms. The van der Waals surface area contributed by atoms with Crippen LogP contribution >= 0.6 is 0 Å². The van der Waals surface area contributed by atoms with Crippen LogP contribution in [0, 0.1) is 0 Å². The minimum atomic E-state index is -1.19. The summed E-state index contributed by atoms with van der Waals surface area (Å²) in [5.41, 5.74) is -0.901. The molecule has 5 heteroatoms. The smallest absolute Gasteiger partial charge is 0.337 e. The maximum atomic E-state index is 12.5. The lowest BCUT2D eigenvalue weighted by atomic mass is 10.1. The number of fused-ring (bicyclic) bond motifs is 2. The highest BCUT2D eigenvalue weighted by Crippen LogP contribution is 2.14. The van der Waals surface area contributed by atoms with Gasteiger partial charge >= 0.3 is 5.97 Å². The standard InChI is InChI=1S/C15H9NO4/c17-13-8-4-1-2-5-9(8)14(18)16-12-10(13)6-3-7-11(12)15(19)20/h1-7H,(H,16,18)(H,19,20). The van der Waals surface area contributed by atoms with Gasteiger partial charge in [-0.1, -0.05) is 24.3 Å². The lowest BCUT2D eigenvalue weighted by molar-refractivity contribution is 0.0699. The topological polar surface area (TPSA) is 87.2 Å². The third-order valence-electron chi connectivity index (χ3n) is 3.19. The highest BCUT2D eigenvalue weighted by Gasteiger charge is 2.12. The van der Waals surface area contributed by atoms with Gasteiger partial charge in [0.1, 0.15) is 0 Å². The Kier molecular flexibility index (Phi) is 2.61. The molecule has 0 aliphatic carbocycles. The van der Waals surface area contributed by atoms with Crippen LogP contribution in [0.15, 0.2) is 52.1 Å². The molecular weight excluding hydrogens is 258 g/mol. The van der Waals surface area contributed by atoms with Gasteiger partial charge in [0.25, 0.3) is 5.56 Å². The quantitative estimate of drug-likeness (QED) is 0.703. The van der Waals surface area contributed by atoms with Crippen molar-refractivity contribution in [2.75, 3.05) is 0 Å². The van der Waals surface area contributed by atoms with E-state index in [4.69, 9.17) is 5.11 Å². The van der Waals surface area contributed by atoms with Gasteiger partial charge in [0, 0.05) is 10.8 Å². The number of para-hydroxylation sites is 1. The molecule has 0 aliphatic rings. The van der Waals surface area contributed by atoms with Crippen LogP contribution in [0.2, 0.25) is 0 Å². The molecule has 0 amide bonds. The van der Waals surface area contributed by atoms with E-state index in [0.29, 0.717) is 0 Å². The first kappa shape index (κ1) is 12.1. The first-order valence-corrected chi connectivity index (χ1v) is 5.91. The van der Waals surface area contributed by atoms with Crippen molar-refractivity contribution in [2.24, 2.45) is 0 Å². The predicted molar refractivity (Wildman–Crippen MR) is 75.3 cm³/mol. The first-order valence-electron chi connectivity index (χ1n) is 5.91. The molecule has 1 heterocycles. The molecular formula is C15H9NO4. The molecule has 98 valence electrons. The fourth-order valence-corrected chi connectivity index (χ4v) is 2.26. The minimum absolute atomic E-state index is 0.0474. The van der Waals surface area contributed by atoms with Gasteiger partial charge in [-0.2, -0.15) is 0 Å². The average Bonchev–Trinajstić information content (AvgIpc) is 2.56. The molecule has 20 heavy (non-hydrogen) atoms. The summed E-state index contributed by atoms with van der Waals surface area (Å²) in [6.07, 6.45) is 0. The van der Waals surface area contributed by atoms with E-state index in [0.717, 1.165) is 0 Å². The second kappa shape index (κ2) is 4.31. The van der Waals surface area contributed by atoms with Crippen LogP contribution in [-0.2, 0) is 0 Å². The second-order valence-corrected chi connectivity index (χ2v) is 4.36. The molecule has 0 saturated heterocycles. The fraction of sp³-hybridized carbons (Fsp3) is 0. The van der Waals surface area contributed by atoms with Gasteiger partial charge in [-0.15, -0.1) is 0 Å². The van der Waals surface area contributed by atoms with Crippen molar-refractivity contribution in [3.63, 3.8) is 0 Å². The van der Waals surface area contributed by atoms with Gasteiger partial charge in [-0.25, -0.2) is 4.79 Å². The molecule has 0 saturated carbocycles. The number of rotatable bonds is 1. The zero-order valence-electron chi connectivity index (χ0n) is 10.2. The van der Waals surface area contributed by atoms with Crippen molar-refractivity contribution in [2.45, 2.75) is 0 Å². The Labute approximate surface area is 112 Å². The van der Waals surface area contributed by atoms with Crippen LogP contribution in [0.5, 0.6) is 0 Å². The van der Waals surface area contributed by atoms with E-state index in [2.05, 4.69) is 4.98 Å². The third-order valence-corrected chi connectivity index (χ3v) is 3.19. The molecule has 2 N–H and O–H groups in total. The number of H-pyrrole nitrogens is 1. The van der Waals surface area contributed by atoms with Gasteiger partial charge in [-0.05, 0) is 18.2 Å². The molecule has 3 aromatic rings. The van der Waals surface area contributed by atoms with E-state index in [1.54, 1.807) is 18.2 Å². The SMILES string of the molecule is O=C(O)c1cccc2c(=O)c3ccccc3c(=O)[nH]c12. The Hall–Kier alpha value is -2.95. The van der Waals surface area contributed by atoms with E-state index in [-0.39, 0.29) is 32.7 Å². The summed E-state index contributed by atoms with van der Waals surface area (Å²) in [7, 11) is 0. The number of aromatic nitrogens is 1. The van der Waals surface area contributed by atoms with Crippen LogP contribution in [0.3, 0.4) is 0 Å².